The van der Waals surface area contributed by atoms with Gasteiger partial charge in [0.25, 0.3) is 11.1 Å². The summed E-state index contributed by atoms with van der Waals surface area (Å²) in [6.07, 6.45) is 9.08. The molecule has 4 aromatic rings. The van der Waals surface area contributed by atoms with Gasteiger partial charge < -0.3 is 29.1 Å². The smallest absolute Gasteiger partial charge is 0.258 e. The predicted molar refractivity (Wildman–Crippen MR) is 229 cm³/mol. The van der Waals surface area contributed by atoms with E-state index in [-0.39, 0.29) is 71.9 Å². The van der Waals surface area contributed by atoms with Crippen LogP contribution < -0.4 is 21.8 Å². The van der Waals surface area contributed by atoms with Gasteiger partial charge in [0.1, 0.15) is 0 Å². The first-order valence-electron chi connectivity index (χ1n) is 21.4. The number of aliphatic hydroxyl groups is 2. The number of pyridine rings is 2. The van der Waals surface area contributed by atoms with Crippen molar-refractivity contribution in [2.75, 3.05) is 26.3 Å². The lowest BCUT2D eigenvalue weighted by atomic mass is 9.87. The largest absolute Gasteiger partial charge is 0.396 e. The van der Waals surface area contributed by atoms with E-state index in [1.165, 1.54) is 22.3 Å². The van der Waals surface area contributed by atoms with Gasteiger partial charge in [-0.1, -0.05) is 72.8 Å². The molecule has 312 valence electrons. The Morgan fingerprint density at radius 2 is 1.02 bits per heavy atom. The molecule has 8 heterocycles. The summed E-state index contributed by atoms with van der Waals surface area (Å²) in [5.41, 5.74) is 8.16. The molecule has 10 rings (SSSR count). The number of rotatable bonds is 6. The molecule has 2 fully saturated rings. The minimum Gasteiger partial charge on any atom is -0.396 e. The van der Waals surface area contributed by atoms with Crippen molar-refractivity contribution >= 4 is 24.0 Å². The lowest BCUT2D eigenvalue weighted by Gasteiger charge is -2.33. The first-order chi connectivity index (χ1) is 29.2. The van der Waals surface area contributed by atoms with E-state index in [1.54, 1.807) is 9.13 Å². The summed E-state index contributed by atoms with van der Waals surface area (Å²) in [5, 5.41) is 27.3. The van der Waals surface area contributed by atoms with Gasteiger partial charge in [0.05, 0.1) is 24.2 Å². The van der Waals surface area contributed by atoms with E-state index >= 15 is 0 Å². The molecule has 8 atom stereocenters. The van der Waals surface area contributed by atoms with Crippen LogP contribution in [0.5, 0.6) is 0 Å². The third-order valence-corrected chi connectivity index (χ3v) is 14.0. The van der Waals surface area contributed by atoms with E-state index in [9.17, 15) is 29.4 Å². The van der Waals surface area contributed by atoms with E-state index in [2.05, 4.69) is 34.9 Å². The fourth-order valence-corrected chi connectivity index (χ4v) is 10.9. The van der Waals surface area contributed by atoms with Crippen molar-refractivity contribution in [2.45, 2.75) is 77.0 Å². The minimum absolute atomic E-state index is 0.00555. The Labute approximate surface area is 349 Å². The van der Waals surface area contributed by atoms with Crippen molar-refractivity contribution in [3.05, 3.63) is 150 Å². The average Bonchev–Trinajstić information content (AvgIpc) is 4.03. The van der Waals surface area contributed by atoms with Crippen LogP contribution in [0.2, 0.25) is 0 Å². The summed E-state index contributed by atoms with van der Waals surface area (Å²) in [7, 11) is 0. The number of nitrogens with zero attached hydrogens (tertiary/aromatic N) is 4. The van der Waals surface area contributed by atoms with Gasteiger partial charge in [0, 0.05) is 98.7 Å². The Bertz CT molecular complexity index is 2320. The normalized spacial score (nSPS) is 27.2. The van der Waals surface area contributed by atoms with E-state index in [0.29, 0.717) is 50.4 Å². The number of carbonyl (C=O) groups excluding carboxylic acids is 2. The molecule has 0 unspecified atom stereocenters. The van der Waals surface area contributed by atoms with Gasteiger partial charge in [-0.25, -0.2) is 0 Å². The Morgan fingerprint density at radius 1 is 0.617 bits per heavy atom. The van der Waals surface area contributed by atoms with Crippen molar-refractivity contribution in [3.8, 4) is 0 Å². The fourth-order valence-electron chi connectivity index (χ4n) is 10.9. The molecule has 0 bridgehead atoms. The van der Waals surface area contributed by atoms with Crippen molar-refractivity contribution in [2.24, 2.45) is 23.7 Å². The number of benzene rings is 2. The molecule has 6 aliphatic heterocycles. The zero-order chi connectivity index (χ0) is 41.7. The van der Waals surface area contributed by atoms with Crippen LogP contribution >= 0.6 is 0 Å². The topological polar surface area (TPSA) is 149 Å². The summed E-state index contributed by atoms with van der Waals surface area (Å²) < 4.78 is 3.61. The Kier molecular flexibility index (Phi) is 11.1. The van der Waals surface area contributed by atoms with Gasteiger partial charge in [-0.05, 0) is 73.2 Å². The molecule has 12 heteroatoms. The Hall–Kier alpha value is -5.40. The van der Waals surface area contributed by atoms with Crippen LogP contribution in [0.1, 0.15) is 70.7 Å². The lowest BCUT2D eigenvalue weighted by molar-refractivity contribution is -0.136. The summed E-state index contributed by atoms with van der Waals surface area (Å²) in [5.74, 6) is -0.229. The van der Waals surface area contributed by atoms with Crippen LogP contribution in [-0.4, -0.2) is 79.3 Å². The van der Waals surface area contributed by atoms with Crippen LogP contribution in [0.4, 0.5) is 0 Å². The third-order valence-electron chi connectivity index (χ3n) is 14.0. The zero-order valence-corrected chi connectivity index (χ0v) is 34.2. The summed E-state index contributed by atoms with van der Waals surface area (Å²) in [4.78, 5) is 56.2. The fraction of sp³-hybridized carbons (Fsp3) is 0.417. The van der Waals surface area contributed by atoms with Crippen LogP contribution in [0.15, 0.2) is 94.5 Å². The maximum Gasteiger partial charge on any atom is 0.258 e. The molecule has 2 aromatic heterocycles. The molecular weight excluding hydrogens is 757 g/mol. The number of nitrogens with one attached hydrogen (secondary N) is 2. The molecule has 0 radical (unpaired) electrons. The number of aliphatic hydroxyl groups excluding tert-OH is 2. The number of hydrogen-bond acceptors (Lipinski definition) is 8. The summed E-state index contributed by atoms with van der Waals surface area (Å²) >= 11 is 0. The van der Waals surface area contributed by atoms with Gasteiger partial charge in [0.15, 0.2) is 0 Å². The highest BCUT2D eigenvalue weighted by molar-refractivity contribution is 5.84. The van der Waals surface area contributed by atoms with Crippen LogP contribution in [0.3, 0.4) is 0 Å². The van der Waals surface area contributed by atoms with Crippen molar-refractivity contribution < 1.29 is 19.8 Å². The molecule has 6 aliphatic rings. The highest BCUT2D eigenvalue weighted by Crippen LogP contribution is 2.44. The second kappa shape index (κ2) is 16.6. The summed E-state index contributed by atoms with van der Waals surface area (Å²) in [6.45, 7) is 7.35. The van der Waals surface area contributed by atoms with Gasteiger partial charge in [-0.3, -0.25) is 29.8 Å². The van der Waals surface area contributed by atoms with E-state index in [1.807, 2.05) is 96.5 Å². The zero-order valence-electron chi connectivity index (χ0n) is 34.2. The standard InChI is InChI=1S/2C24H27N3O3/c2*1-2-5-16-8-9-20-21-18(13-27(20)23(16)29)19(14-28)22(25-21)24(30)26-11-10-15-6-3-4-7-17(15)12-26/h2*2-9,18-19,21-22,25,28H,10-14H2,1H3/b5-2+;5-2-/t2*18-,19-,21+,22-/m11/s1. The molecule has 0 spiro atoms. The Balaban J connectivity index is 0.000000154. The lowest BCUT2D eigenvalue weighted by Crippen LogP contribution is -2.49. The maximum atomic E-state index is 13.4. The molecule has 0 saturated carbocycles. The van der Waals surface area contributed by atoms with Gasteiger partial charge in [-0.2, -0.15) is 0 Å². The number of aromatic nitrogens is 2. The van der Waals surface area contributed by atoms with Crippen molar-refractivity contribution in [1.29, 1.82) is 0 Å². The van der Waals surface area contributed by atoms with E-state index in [4.69, 9.17) is 0 Å². The van der Waals surface area contributed by atoms with Crippen LogP contribution in [-0.2, 0) is 48.6 Å². The molecular formula is C48H54N6O6. The molecule has 12 nitrogen and oxygen atoms in total. The molecule has 2 saturated heterocycles. The van der Waals surface area contributed by atoms with Gasteiger partial charge >= 0.3 is 0 Å². The van der Waals surface area contributed by atoms with Gasteiger partial charge in [0.2, 0.25) is 11.8 Å². The SMILES string of the molecule is C/C=C/c1ccc2n(c1=O)C[C@@H]1[C@@H](CO)[C@H](C(=O)N3CCc4ccccc4C3)N[C@H]21.C/C=C\c1ccc2n(c1=O)C[C@@H]1[C@@H](CO)[C@H](C(=O)N3CCc4ccccc4C3)N[C@H]21. The highest BCUT2D eigenvalue weighted by atomic mass is 16.3. The van der Waals surface area contributed by atoms with Crippen LogP contribution in [0, 0.1) is 23.7 Å². The second-order valence-electron chi connectivity index (χ2n) is 17.1. The maximum absolute atomic E-state index is 13.4. The molecule has 4 N–H and O–H groups in total. The van der Waals surface area contributed by atoms with Crippen molar-refractivity contribution in [3.63, 3.8) is 0 Å². The highest BCUT2D eigenvalue weighted by Gasteiger charge is 2.53. The molecule has 0 aliphatic carbocycles. The first-order valence-corrected chi connectivity index (χ1v) is 21.4. The number of carbonyl (C=O) groups is 2. The third kappa shape index (κ3) is 6.89. The number of allylic oxidation sites excluding steroid dienone is 2. The van der Waals surface area contributed by atoms with Crippen LogP contribution in [0.25, 0.3) is 12.2 Å². The first kappa shape index (κ1) is 40.0. The average molecular weight is 811 g/mol. The minimum atomic E-state index is -0.422. The van der Waals surface area contributed by atoms with Gasteiger partial charge in [-0.15, -0.1) is 0 Å². The summed E-state index contributed by atoms with van der Waals surface area (Å²) in [6, 6.07) is 23.2. The number of amides is 2. The molecule has 2 amide bonds. The Morgan fingerprint density at radius 3 is 1.40 bits per heavy atom. The van der Waals surface area contributed by atoms with E-state index in [0.717, 1.165) is 24.2 Å². The van der Waals surface area contributed by atoms with Crippen molar-refractivity contribution in [1.82, 2.24) is 29.6 Å². The molecule has 2 aromatic carbocycles. The van der Waals surface area contributed by atoms with E-state index < -0.39 is 12.1 Å². The monoisotopic (exact) mass is 810 g/mol. The predicted octanol–water partition coefficient (Wildman–Crippen LogP) is 3.44. The quantitative estimate of drug-likeness (QED) is 0.232. The molecule has 60 heavy (non-hydrogen) atoms. The number of fused-ring (bicyclic) bond motifs is 8. The number of hydrogen-bond donors (Lipinski definition) is 4. The second-order valence-corrected chi connectivity index (χ2v) is 17.1.